The molecule has 0 aromatic heterocycles. The number of rotatable bonds is 6. The maximum atomic E-state index is 5.58. The summed E-state index contributed by atoms with van der Waals surface area (Å²) in [5.74, 6) is 1.20. The topological polar surface area (TPSA) is 85.7 Å². The van der Waals surface area contributed by atoms with E-state index in [0.717, 1.165) is 19.4 Å². The van der Waals surface area contributed by atoms with Gasteiger partial charge in [0.25, 0.3) is 0 Å². The van der Waals surface area contributed by atoms with Crippen LogP contribution in [0.25, 0.3) is 0 Å². The lowest BCUT2D eigenvalue weighted by molar-refractivity contribution is 0.278. The zero-order valence-electron chi connectivity index (χ0n) is 9.13. The molecule has 0 atom stereocenters. The summed E-state index contributed by atoms with van der Waals surface area (Å²) in [4.78, 5) is 4.03. The van der Waals surface area contributed by atoms with Crippen LogP contribution in [0, 0.1) is 0 Å². The molecule has 0 aromatic rings. The molecule has 0 unspecified atom stereocenters. The molecule has 14 heavy (non-hydrogen) atoms. The first kappa shape index (κ1) is 12.6. The summed E-state index contributed by atoms with van der Waals surface area (Å²) in [6.45, 7) is 4.62. The van der Waals surface area contributed by atoms with E-state index in [4.69, 9.17) is 16.2 Å². The Morgan fingerprint density at radius 3 is 2.50 bits per heavy atom. The van der Waals surface area contributed by atoms with Gasteiger partial charge in [-0.2, -0.15) is 0 Å². The molecule has 0 aliphatic carbocycles. The molecule has 0 radical (unpaired) electrons. The lowest BCUT2D eigenvalue weighted by atomic mass is 10.3. The number of nitrogens with one attached hydrogen (secondary N) is 1. The second-order valence-corrected chi connectivity index (χ2v) is 2.95. The number of unbranched alkanes of at least 4 members (excludes halogenated alkanes) is 1. The standard InChI is InChI=1S/C9H20N4O/c1-4-5-6-12-9(8(11)14-3)13-7(2)10/h12H,4-6,11H2,1-3H3,(H2,10,13)/b9-8+. The molecule has 5 heteroatoms. The maximum absolute atomic E-state index is 5.58. The van der Waals surface area contributed by atoms with Crippen molar-refractivity contribution in [2.45, 2.75) is 26.7 Å². The lowest BCUT2D eigenvalue weighted by Crippen LogP contribution is -2.21. The van der Waals surface area contributed by atoms with Crippen molar-refractivity contribution in [3.63, 3.8) is 0 Å². The molecule has 0 saturated carbocycles. The minimum Gasteiger partial charge on any atom is -0.480 e. The molecular formula is C9H20N4O. The van der Waals surface area contributed by atoms with Crippen LogP contribution in [0.2, 0.25) is 0 Å². The molecule has 82 valence electrons. The van der Waals surface area contributed by atoms with Crippen LogP contribution >= 0.6 is 0 Å². The average molecular weight is 200 g/mol. The molecule has 0 bridgehead atoms. The van der Waals surface area contributed by atoms with Gasteiger partial charge in [0.05, 0.1) is 12.9 Å². The summed E-state index contributed by atoms with van der Waals surface area (Å²) in [5, 5.41) is 3.06. The van der Waals surface area contributed by atoms with Gasteiger partial charge in [-0.15, -0.1) is 0 Å². The second-order valence-electron chi connectivity index (χ2n) is 2.95. The summed E-state index contributed by atoms with van der Waals surface area (Å²) in [7, 11) is 1.50. The van der Waals surface area contributed by atoms with Crippen molar-refractivity contribution in [1.29, 1.82) is 0 Å². The highest BCUT2D eigenvalue weighted by Gasteiger charge is 2.01. The van der Waals surface area contributed by atoms with Crippen LogP contribution in [-0.4, -0.2) is 19.5 Å². The Labute approximate surface area is 85.2 Å². The van der Waals surface area contributed by atoms with Crippen LogP contribution in [0.5, 0.6) is 0 Å². The Balaban J connectivity index is 4.35. The van der Waals surface area contributed by atoms with E-state index in [-0.39, 0.29) is 5.88 Å². The fourth-order valence-electron chi connectivity index (χ4n) is 0.838. The van der Waals surface area contributed by atoms with Gasteiger partial charge >= 0.3 is 0 Å². The molecule has 0 saturated heterocycles. The highest BCUT2D eigenvalue weighted by molar-refractivity contribution is 5.78. The van der Waals surface area contributed by atoms with Crippen LogP contribution in [0.15, 0.2) is 16.7 Å². The monoisotopic (exact) mass is 200 g/mol. The zero-order chi connectivity index (χ0) is 11.0. The van der Waals surface area contributed by atoms with Crippen LogP contribution in [0.1, 0.15) is 26.7 Å². The summed E-state index contributed by atoms with van der Waals surface area (Å²) in [5.41, 5.74) is 11.0. The van der Waals surface area contributed by atoms with Crippen molar-refractivity contribution in [2.75, 3.05) is 13.7 Å². The molecule has 5 nitrogen and oxygen atoms in total. The van der Waals surface area contributed by atoms with Crippen molar-refractivity contribution in [1.82, 2.24) is 5.32 Å². The number of amidine groups is 1. The van der Waals surface area contributed by atoms with Crippen molar-refractivity contribution >= 4 is 5.84 Å². The van der Waals surface area contributed by atoms with Gasteiger partial charge in [-0.25, -0.2) is 4.99 Å². The van der Waals surface area contributed by atoms with E-state index in [1.807, 2.05) is 0 Å². The second kappa shape index (κ2) is 7.06. The summed E-state index contributed by atoms with van der Waals surface area (Å²) in [6.07, 6.45) is 2.16. The van der Waals surface area contributed by atoms with Gasteiger partial charge in [0.2, 0.25) is 5.88 Å². The van der Waals surface area contributed by atoms with Crippen LogP contribution < -0.4 is 16.8 Å². The maximum Gasteiger partial charge on any atom is 0.227 e. The zero-order valence-corrected chi connectivity index (χ0v) is 9.13. The first-order valence-corrected chi connectivity index (χ1v) is 4.70. The largest absolute Gasteiger partial charge is 0.480 e. The number of nitrogens with two attached hydrogens (primary N) is 2. The van der Waals surface area contributed by atoms with E-state index in [9.17, 15) is 0 Å². The fourth-order valence-corrected chi connectivity index (χ4v) is 0.838. The van der Waals surface area contributed by atoms with Gasteiger partial charge < -0.3 is 21.5 Å². The first-order valence-electron chi connectivity index (χ1n) is 4.70. The summed E-state index contributed by atoms with van der Waals surface area (Å²) >= 11 is 0. The van der Waals surface area contributed by atoms with E-state index in [2.05, 4.69) is 17.2 Å². The Hall–Kier alpha value is -1.39. The summed E-state index contributed by atoms with van der Waals surface area (Å²) < 4.78 is 4.88. The smallest absolute Gasteiger partial charge is 0.227 e. The van der Waals surface area contributed by atoms with Gasteiger partial charge in [-0.05, 0) is 13.3 Å². The van der Waals surface area contributed by atoms with E-state index in [1.165, 1.54) is 7.11 Å². The normalized spacial score (nSPS) is 13.5. The third-order valence-corrected chi connectivity index (χ3v) is 1.56. The number of hydrogen-bond donors (Lipinski definition) is 3. The molecule has 0 fully saturated rings. The number of nitrogens with zero attached hydrogens (tertiary/aromatic N) is 1. The highest BCUT2D eigenvalue weighted by atomic mass is 16.5. The van der Waals surface area contributed by atoms with Crippen molar-refractivity contribution in [3.05, 3.63) is 11.7 Å². The third-order valence-electron chi connectivity index (χ3n) is 1.56. The minimum absolute atomic E-state index is 0.255. The molecule has 0 spiro atoms. The Morgan fingerprint density at radius 1 is 1.43 bits per heavy atom. The van der Waals surface area contributed by atoms with Crippen LogP contribution in [0.4, 0.5) is 0 Å². The summed E-state index contributed by atoms with van der Waals surface area (Å²) in [6, 6.07) is 0. The molecular weight excluding hydrogens is 180 g/mol. The van der Waals surface area contributed by atoms with Crippen LogP contribution in [0.3, 0.4) is 0 Å². The van der Waals surface area contributed by atoms with E-state index in [1.54, 1.807) is 6.92 Å². The Bertz CT molecular complexity index is 219. The van der Waals surface area contributed by atoms with Crippen molar-refractivity contribution < 1.29 is 4.74 Å². The minimum atomic E-state index is 0.255. The number of ether oxygens (including phenoxy) is 1. The van der Waals surface area contributed by atoms with E-state index < -0.39 is 0 Å². The SMILES string of the molecule is CCCCNC(/N=C(/C)N)=C(/N)OC. The molecule has 0 rings (SSSR count). The predicted octanol–water partition coefficient (Wildman–Crippen LogP) is 0.485. The van der Waals surface area contributed by atoms with Gasteiger partial charge in [-0.3, -0.25) is 0 Å². The molecule has 0 amide bonds. The van der Waals surface area contributed by atoms with Crippen molar-refractivity contribution in [3.8, 4) is 0 Å². The number of aliphatic imine (C=N–C) groups is 1. The molecule has 0 aliphatic rings. The van der Waals surface area contributed by atoms with Gasteiger partial charge in [0, 0.05) is 6.54 Å². The average Bonchev–Trinajstić information content (AvgIpc) is 2.15. The first-order chi connectivity index (χ1) is 6.61. The highest BCUT2D eigenvalue weighted by Crippen LogP contribution is 1.98. The van der Waals surface area contributed by atoms with Gasteiger partial charge in [-0.1, -0.05) is 13.3 Å². The number of methoxy groups -OCH3 is 1. The van der Waals surface area contributed by atoms with Gasteiger partial charge in [0.1, 0.15) is 0 Å². The molecule has 0 heterocycles. The molecule has 0 aliphatic heterocycles. The van der Waals surface area contributed by atoms with E-state index in [0.29, 0.717) is 11.7 Å². The quantitative estimate of drug-likeness (QED) is 0.252. The Morgan fingerprint density at radius 2 is 2.07 bits per heavy atom. The number of hydrogen-bond acceptors (Lipinski definition) is 4. The third kappa shape index (κ3) is 5.29. The lowest BCUT2D eigenvalue weighted by Gasteiger charge is -2.09. The van der Waals surface area contributed by atoms with Crippen LogP contribution in [-0.2, 0) is 4.74 Å². The van der Waals surface area contributed by atoms with E-state index >= 15 is 0 Å². The molecule has 5 N–H and O–H groups in total. The Kier molecular flexibility index (Phi) is 6.36. The van der Waals surface area contributed by atoms with Crippen molar-refractivity contribution in [2.24, 2.45) is 16.5 Å². The van der Waals surface area contributed by atoms with Gasteiger partial charge in [0.15, 0.2) is 5.82 Å². The predicted molar refractivity (Wildman–Crippen MR) is 58.4 cm³/mol. The molecule has 0 aromatic carbocycles. The fraction of sp³-hybridized carbons (Fsp3) is 0.667.